The van der Waals surface area contributed by atoms with Crippen LogP contribution in [0.15, 0.2) is 12.2 Å². The summed E-state index contributed by atoms with van der Waals surface area (Å²) in [6, 6.07) is 0. The minimum atomic E-state index is -1.27. The molecule has 4 bridgehead atoms. The quantitative estimate of drug-likeness (QED) is 0.188. The highest BCUT2D eigenvalue weighted by Gasteiger charge is 2.69. The average molecular weight is 490 g/mol. The van der Waals surface area contributed by atoms with Crippen LogP contribution in [0.2, 0.25) is 0 Å². The highest BCUT2D eigenvalue weighted by atomic mass is 17.3. The van der Waals surface area contributed by atoms with Crippen molar-refractivity contribution in [3.05, 3.63) is 12.2 Å². The van der Waals surface area contributed by atoms with E-state index < -0.39 is 5.79 Å². The Labute approximate surface area is 209 Å². The van der Waals surface area contributed by atoms with Crippen molar-refractivity contribution >= 4 is 11.8 Å². The molecule has 7 rings (SSSR count). The molecule has 0 N–H and O–H groups in total. The van der Waals surface area contributed by atoms with Gasteiger partial charge in [-0.05, 0) is 69.1 Å². The zero-order chi connectivity index (χ0) is 25.4. The van der Waals surface area contributed by atoms with E-state index in [2.05, 4.69) is 41.5 Å². The molecule has 6 atom stereocenters. The van der Waals surface area contributed by atoms with Gasteiger partial charge in [0.05, 0.1) is 0 Å². The molecule has 7 nitrogen and oxygen atoms in total. The molecule has 7 aliphatic rings. The summed E-state index contributed by atoms with van der Waals surface area (Å²) in [5, 5.41) is 0. The maximum Gasteiger partial charge on any atom is 0.253 e. The number of rotatable bonds is 9. The molecule has 6 saturated carbocycles. The van der Waals surface area contributed by atoms with Crippen LogP contribution in [-0.2, 0) is 29.1 Å². The first-order chi connectivity index (χ1) is 16.3. The smallest absolute Gasteiger partial charge is 0.253 e. The van der Waals surface area contributed by atoms with E-state index in [1.54, 1.807) is 6.92 Å². The monoisotopic (exact) mass is 489 g/mol. The van der Waals surface area contributed by atoms with Crippen molar-refractivity contribution in [3.63, 3.8) is 0 Å². The number of nitrogens with zero attached hydrogens (tertiary/aromatic N) is 1. The summed E-state index contributed by atoms with van der Waals surface area (Å²) in [7, 11) is 0. The third-order valence-electron chi connectivity index (χ3n) is 11.2. The molecule has 7 heteroatoms. The molecule has 6 aliphatic carbocycles. The van der Waals surface area contributed by atoms with Crippen molar-refractivity contribution in [2.45, 2.75) is 110 Å². The normalized spacial score (nSPS) is 42.4. The molecule has 196 valence electrons. The summed E-state index contributed by atoms with van der Waals surface area (Å²) in [5.74, 6) is 0.0817. The van der Waals surface area contributed by atoms with Gasteiger partial charge >= 0.3 is 0 Å². The van der Waals surface area contributed by atoms with E-state index in [4.69, 9.17) is 19.6 Å². The van der Waals surface area contributed by atoms with Crippen molar-refractivity contribution in [2.24, 2.45) is 34.5 Å². The molecule has 1 heterocycles. The number of amides is 2. The first-order valence-electron chi connectivity index (χ1n) is 13.6. The van der Waals surface area contributed by atoms with E-state index in [1.165, 1.54) is 29.9 Å². The van der Waals surface area contributed by atoms with Crippen LogP contribution in [0, 0.1) is 34.5 Å². The number of carbonyl (C=O) groups excluding carboxylic acids is 2. The molecule has 0 aromatic heterocycles. The van der Waals surface area contributed by atoms with E-state index in [0.717, 1.165) is 25.7 Å². The molecule has 6 fully saturated rings. The lowest BCUT2D eigenvalue weighted by Gasteiger charge is -2.67. The highest BCUT2D eigenvalue weighted by molar-refractivity contribution is 6.12. The fourth-order valence-electron chi connectivity index (χ4n) is 8.00. The second-order valence-electron chi connectivity index (χ2n) is 13.4. The van der Waals surface area contributed by atoms with E-state index >= 15 is 0 Å². The van der Waals surface area contributed by atoms with Gasteiger partial charge in [-0.25, -0.2) is 9.78 Å². The molecule has 1 aliphatic heterocycles. The average Bonchev–Trinajstić information content (AvgIpc) is 3.12. The van der Waals surface area contributed by atoms with Gasteiger partial charge in [-0.2, -0.15) is 9.78 Å². The molecule has 2 amide bonds. The van der Waals surface area contributed by atoms with Crippen molar-refractivity contribution in [2.75, 3.05) is 6.54 Å². The first-order valence-corrected chi connectivity index (χ1v) is 13.6. The van der Waals surface area contributed by atoms with E-state index in [-0.39, 0.29) is 46.8 Å². The number of fused-ring (bicyclic) bond motifs is 4. The molecule has 0 aromatic rings. The summed E-state index contributed by atoms with van der Waals surface area (Å²) >= 11 is 0. The van der Waals surface area contributed by atoms with E-state index in [0.29, 0.717) is 23.7 Å². The largest absolute Gasteiger partial charge is 0.275 e. The maximum absolute atomic E-state index is 12.2. The van der Waals surface area contributed by atoms with Gasteiger partial charge in [0, 0.05) is 35.9 Å². The van der Waals surface area contributed by atoms with Crippen LogP contribution in [0.5, 0.6) is 0 Å². The minimum Gasteiger partial charge on any atom is -0.275 e. The van der Waals surface area contributed by atoms with Crippen molar-refractivity contribution < 1.29 is 29.1 Å². The van der Waals surface area contributed by atoms with Gasteiger partial charge in [-0.15, -0.1) is 0 Å². The van der Waals surface area contributed by atoms with Crippen LogP contribution in [-0.4, -0.2) is 40.2 Å². The standard InChI is InChI=1S/C28H43NO6/c1-18-8-10-20-16-27(18,24(20,3)4)34-32-26(7,14-15-29-22(30)12-13-23(29)31)33-35-28-17-21(25(28,5)6)11-9-19(28)2/h12-13,18-21H,8-11,14-17H2,1-7H3. The Balaban J connectivity index is 1.32. The van der Waals surface area contributed by atoms with Crippen LogP contribution >= 0.6 is 0 Å². The molecule has 6 unspecified atom stereocenters. The van der Waals surface area contributed by atoms with Crippen LogP contribution in [0.4, 0.5) is 0 Å². The van der Waals surface area contributed by atoms with Crippen LogP contribution in [0.3, 0.4) is 0 Å². The van der Waals surface area contributed by atoms with Gasteiger partial charge < -0.3 is 0 Å². The third-order valence-corrected chi connectivity index (χ3v) is 11.2. The van der Waals surface area contributed by atoms with Gasteiger partial charge in [-0.1, -0.05) is 41.5 Å². The molecule has 0 aromatic carbocycles. The van der Waals surface area contributed by atoms with Crippen molar-refractivity contribution in [1.82, 2.24) is 4.90 Å². The minimum absolute atomic E-state index is 0.0109. The fourth-order valence-corrected chi connectivity index (χ4v) is 8.00. The summed E-state index contributed by atoms with van der Waals surface area (Å²) in [6.45, 7) is 15.5. The highest BCUT2D eigenvalue weighted by Crippen LogP contribution is 2.67. The maximum atomic E-state index is 12.2. The molecule has 0 spiro atoms. The van der Waals surface area contributed by atoms with Gasteiger partial charge in [0.25, 0.3) is 11.8 Å². The molecule has 35 heavy (non-hydrogen) atoms. The van der Waals surface area contributed by atoms with E-state index in [1.807, 2.05) is 0 Å². The third kappa shape index (κ3) is 3.52. The van der Waals surface area contributed by atoms with Crippen LogP contribution in [0.1, 0.15) is 93.4 Å². The Bertz CT molecular complexity index is 860. The number of imide groups is 1. The molecular formula is C28H43NO6. The fraction of sp³-hybridized carbons (Fsp3) is 0.857. The van der Waals surface area contributed by atoms with E-state index in [9.17, 15) is 9.59 Å². The predicted molar refractivity (Wildman–Crippen MR) is 129 cm³/mol. The molecule has 0 radical (unpaired) electrons. The lowest BCUT2D eigenvalue weighted by molar-refractivity contribution is -0.579. The Morgan fingerprint density at radius 2 is 1.26 bits per heavy atom. The molecular weight excluding hydrogens is 446 g/mol. The Kier molecular flexibility index (Phi) is 5.88. The lowest BCUT2D eigenvalue weighted by Crippen LogP contribution is -2.69. The molecule has 0 saturated heterocycles. The second kappa shape index (κ2) is 8.11. The second-order valence-corrected chi connectivity index (χ2v) is 13.4. The van der Waals surface area contributed by atoms with Gasteiger partial charge in [0.1, 0.15) is 11.2 Å². The van der Waals surface area contributed by atoms with Gasteiger partial charge in [-0.3, -0.25) is 14.5 Å². The predicted octanol–water partition coefficient (Wildman–Crippen LogP) is 5.34. The lowest BCUT2D eigenvalue weighted by atomic mass is 9.43. The zero-order valence-corrected chi connectivity index (χ0v) is 22.5. The van der Waals surface area contributed by atoms with Crippen LogP contribution < -0.4 is 0 Å². The Morgan fingerprint density at radius 3 is 1.63 bits per heavy atom. The summed E-state index contributed by atoms with van der Waals surface area (Å²) < 4.78 is 0. The van der Waals surface area contributed by atoms with Crippen molar-refractivity contribution in [3.8, 4) is 0 Å². The van der Waals surface area contributed by atoms with Gasteiger partial charge in [0.15, 0.2) is 0 Å². The first kappa shape index (κ1) is 25.4. The van der Waals surface area contributed by atoms with Crippen LogP contribution in [0.25, 0.3) is 0 Å². The number of hydrogen-bond acceptors (Lipinski definition) is 6. The zero-order valence-electron chi connectivity index (χ0n) is 22.5. The number of hydrogen-bond donors (Lipinski definition) is 0. The van der Waals surface area contributed by atoms with Gasteiger partial charge in [0.2, 0.25) is 5.79 Å². The SMILES string of the molecule is CC1CCC2CC1(OOC(C)(CCN1C(=O)C=CC1=O)OOC13CC(CCC1C)C3(C)C)C2(C)C. The summed E-state index contributed by atoms with van der Waals surface area (Å²) in [6.07, 6.45) is 9.46. The Morgan fingerprint density at radius 1 is 0.829 bits per heavy atom. The van der Waals surface area contributed by atoms with Crippen molar-refractivity contribution in [1.29, 1.82) is 0 Å². The topological polar surface area (TPSA) is 74.3 Å². The summed E-state index contributed by atoms with van der Waals surface area (Å²) in [4.78, 5) is 50.6. The Hall–Kier alpha value is -1.28. The number of carbonyl (C=O) groups is 2. The summed E-state index contributed by atoms with van der Waals surface area (Å²) in [5.41, 5.74) is -0.731.